The number of rotatable bonds is 5. The number of halogens is 1. The average molecular weight is 401 g/mol. The molecule has 1 aromatic carbocycles. The Morgan fingerprint density at radius 3 is 2.75 bits per heavy atom. The van der Waals surface area contributed by atoms with Crippen LogP contribution in [-0.4, -0.2) is 28.5 Å². The standard InChI is InChI=1S/C22H28N4O.ClH/c1-15-17-9-5-6-10-19(17)26-21(24-15)13-14-23-22(27)20-12-11-18(25-20)16-7-3-2-4-8-16;/h2-4,7-8,18,20,25H,5-6,9-14H2,1H3,(H,23,27);1H/t18-,20-;/m1./s1. The molecule has 2 aliphatic rings. The number of benzene rings is 1. The molecule has 1 fully saturated rings. The molecule has 0 radical (unpaired) electrons. The predicted molar refractivity (Wildman–Crippen MR) is 113 cm³/mol. The summed E-state index contributed by atoms with van der Waals surface area (Å²) in [6, 6.07) is 10.5. The number of fused-ring (bicyclic) bond motifs is 1. The zero-order valence-electron chi connectivity index (χ0n) is 16.4. The predicted octanol–water partition coefficient (Wildman–Crippen LogP) is 3.24. The van der Waals surface area contributed by atoms with Gasteiger partial charge in [-0.25, -0.2) is 9.97 Å². The van der Waals surface area contributed by atoms with Gasteiger partial charge in [0, 0.05) is 30.4 Å². The normalized spacial score (nSPS) is 20.9. The van der Waals surface area contributed by atoms with Gasteiger partial charge in [0.15, 0.2) is 0 Å². The lowest BCUT2D eigenvalue weighted by atomic mass is 9.95. The number of aromatic nitrogens is 2. The summed E-state index contributed by atoms with van der Waals surface area (Å²) in [5, 5.41) is 6.53. The average Bonchev–Trinajstić information content (AvgIpc) is 3.19. The Hall–Kier alpha value is -1.98. The summed E-state index contributed by atoms with van der Waals surface area (Å²) >= 11 is 0. The SMILES string of the molecule is Cc1nc(CCNC(=O)[C@H]2CC[C@H](c3ccccc3)N2)nc2c1CCCC2.Cl. The van der Waals surface area contributed by atoms with Crippen molar-refractivity contribution in [1.29, 1.82) is 0 Å². The van der Waals surface area contributed by atoms with Crippen molar-refractivity contribution in [2.24, 2.45) is 0 Å². The Balaban J connectivity index is 0.00000225. The van der Waals surface area contributed by atoms with E-state index in [0.29, 0.717) is 13.0 Å². The van der Waals surface area contributed by atoms with Crippen molar-refractivity contribution < 1.29 is 4.79 Å². The number of aryl methyl sites for hydroxylation is 2. The molecule has 0 saturated carbocycles. The Labute approximate surface area is 173 Å². The fraction of sp³-hybridized carbons (Fsp3) is 0.500. The van der Waals surface area contributed by atoms with Crippen LogP contribution < -0.4 is 10.6 Å². The molecule has 1 aromatic heterocycles. The van der Waals surface area contributed by atoms with Crippen LogP contribution in [0.25, 0.3) is 0 Å². The molecule has 6 heteroatoms. The molecule has 1 saturated heterocycles. The number of hydrogen-bond donors (Lipinski definition) is 2. The van der Waals surface area contributed by atoms with Gasteiger partial charge in [-0.2, -0.15) is 0 Å². The van der Waals surface area contributed by atoms with Crippen LogP contribution in [0.15, 0.2) is 30.3 Å². The Bertz CT molecular complexity index is 812. The van der Waals surface area contributed by atoms with E-state index in [2.05, 4.69) is 34.7 Å². The molecule has 0 bridgehead atoms. The third-order valence-electron chi connectivity index (χ3n) is 5.75. The van der Waals surface area contributed by atoms with Crippen molar-refractivity contribution >= 4 is 18.3 Å². The third-order valence-corrected chi connectivity index (χ3v) is 5.75. The maximum absolute atomic E-state index is 12.5. The number of hydrogen-bond acceptors (Lipinski definition) is 4. The smallest absolute Gasteiger partial charge is 0.237 e. The molecule has 0 spiro atoms. The van der Waals surface area contributed by atoms with Crippen LogP contribution in [0, 0.1) is 6.92 Å². The highest BCUT2D eigenvalue weighted by Crippen LogP contribution is 2.26. The first kappa shape index (κ1) is 20.7. The van der Waals surface area contributed by atoms with Gasteiger partial charge in [-0.3, -0.25) is 10.1 Å². The van der Waals surface area contributed by atoms with Crippen LogP contribution in [0.1, 0.15) is 60.1 Å². The minimum absolute atomic E-state index is 0. The number of nitrogens with one attached hydrogen (secondary N) is 2. The first-order valence-electron chi connectivity index (χ1n) is 10.1. The van der Waals surface area contributed by atoms with Crippen molar-refractivity contribution in [3.63, 3.8) is 0 Å². The maximum Gasteiger partial charge on any atom is 0.237 e. The first-order valence-corrected chi connectivity index (χ1v) is 10.1. The van der Waals surface area contributed by atoms with E-state index in [9.17, 15) is 4.79 Å². The van der Waals surface area contributed by atoms with E-state index in [0.717, 1.165) is 37.2 Å². The van der Waals surface area contributed by atoms with Crippen LogP contribution in [0.4, 0.5) is 0 Å². The summed E-state index contributed by atoms with van der Waals surface area (Å²) in [6.07, 6.45) is 7.18. The van der Waals surface area contributed by atoms with E-state index >= 15 is 0 Å². The zero-order chi connectivity index (χ0) is 18.6. The first-order chi connectivity index (χ1) is 13.2. The minimum Gasteiger partial charge on any atom is -0.354 e. The van der Waals surface area contributed by atoms with Crippen molar-refractivity contribution in [2.75, 3.05) is 6.54 Å². The van der Waals surface area contributed by atoms with Gasteiger partial charge in [0.2, 0.25) is 5.91 Å². The zero-order valence-corrected chi connectivity index (χ0v) is 17.2. The molecule has 2 heterocycles. The quantitative estimate of drug-likeness (QED) is 0.808. The largest absolute Gasteiger partial charge is 0.354 e. The molecule has 0 unspecified atom stereocenters. The molecule has 5 nitrogen and oxygen atoms in total. The molecule has 1 amide bonds. The van der Waals surface area contributed by atoms with Gasteiger partial charge in [-0.05, 0) is 56.6 Å². The number of nitrogens with zero attached hydrogens (tertiary/aromatic N) is 2. The molecule has 2 atom stereocenters. The molecule has 1 aliphatic heterocycles. The summed E-state index contributed by atoms with van der Waals surface area (Å²) in [7, 11) is 0. The van der Waals surface area contributed by atoms with E-state index < -0.39 is 0 Å². The molecular weight excluding hydrogens is 372 g/mol. The van der Waals surface area contributed by atoms with Crippen molar-refractivity contribution in [2.45, 2.75) is 64.0 Å². The van der Waals surface area contributed by atoms with Gasteiger partial charge in [0.05, 0.1) is 6.04 Å². The van der Waals surface area contributed by atoms with E-state index in [1.165, 1.54) is 29.7 Å². The summed E-state index contributed by atoms with van der Waals surface area (Å²) < 4.78 is 0. The van der Waals surface area contributed by atoms with E-state index in [1.54, 1.807) is 0 Å². The van der Waals surface area contributed by atoms with Crippen LogP contribution in [0.2, 0.25) is 0 Å². The summed E-state index contributed by atoms with van der Waals surface area (Å²) in [5.74, 6) is 0.943. The van der Waals surface area contributed by atoms with Gasteiger partial charge < -0.3 is 5.32 Å². The van der Waals surface area contributed by atoms with Gasteiger partial charge in [0.25, 0.3) is 0 Å². The summed E-state index contributed by atoms with van der Waals surface area (Å²) in [5.41, 5.74) is 4.93. The van der Waals surface area contributed by atoms with E-state index in [1.807, 2.05) is 18.2 Å². The topological polar surface area (TPSA) is 66.9 Å². The molecule has 2 N–H and O–H groups in total. The highest BCUT2D eigenvalue weighted by atomic mass is 35.5. The second kappa shape index (κ2) is 9.48. The molecule has 2 aromatic rings. The molecule has 4 rings (SSSR count). The fourth-order valence-corrected chi connectivity index (χ4v) is 4.27. The van der Waals surface area contributed by atoms with Gasteiger partial charge in [0.1, 0.15) is 5.82 Å². The monoisotopic (exact) mass is 400 g/mol. The number of carbonyl (C=O) groups excluding carboxylic acids is 1. The second-order valence-electron chi connectivity index (χ2n) is 7.66. The molecule has 28 heavy (non-hydrogen) atoms. The van der Waals surface area contributed by atoms with Crippen molar-refractivity contribution in [1.82, 2.24) is 20.6 Å². The fourth-order valence-electron chi connectivity index (χ4n) is 4.27. The van der Waals surface area contributed by atoms with Crippen molar-refractivity contribution in [3.8, 4) is 0 Å². The third kappa shape index (κ3) is 4.70. The molecule has 150 valence electrons. The Morgan fingerprint density at radius 2 is 1.93 bits per heavy atom. The lowest BCUT2D eigenvalue weighted by Gasteiger charge is -2.18. The van der Waals surface area contributed by atoms with Gasteiger partial charge in [-0.15, -0.1) is 12.4 Å². The van der Waals surface area contributed by atoms with Gasteiger partial charge >= 0.3 is 0 Å². The summed E-state index contributed by atoms with van der Waals surface area (Å²) in [4.78, 5) is 21.9. The molecular formula is C22H29ClN4O. The number of amides is 1. The summed E-state index contributed by atoms with van der Waals surface area (Å²) in [6.45, 7) is 2.67. The minimum atomic E-state index is -0.110. The van der Waals surface area contributed by atoms with E-state index in [-0.39, 0.29) is 30.4 Å². The number of carbonyl (C=O) groups is 1. The highest BCUT2D eigenvalue weighted by molar-refractivity contribution is 5.85. The second-order valence-corrected chi connectivity index (χ2v) is 7.66. The van der Waals surface area contributed by atoms with Gasteiger partial charge in [-0.1, -0.05) is 30.3 Å². The van der Waals surface area contributed by atoms with Crippen LogP contribution in [0.3, 0.4) is 0 Å². The lowest BCUT2D eigenvalue weighted by molar-refractivity contribution is -0.122. The lowest BCUT2D eigenvalue weighted by Crippen LogP contribution is -2.41. The highest BCUT2D eigenvalue weighted by Gasteiger charge is 2.29. The Morgan fingerprint density at radius 1 is 1.14 bits per heavy atom. The Kier molecular flexibility index (Phi) is 7.03. The van der Waals surface area contributed by atoms with Crippen LogP contribution in [0.5, 0.6) is 0 Å². The van der Waals surface area contributed by atoms with Crippen LogP contribution in [-0.2, 0) is 24.1 Å². The van der Waals surface area contributed by atoms with E-state index in [4.69, 9.17) is 4.98 Å². The van der Waals surface area contributed by atoms with Crippen molar-refractivity contribution in [3.05, 3.63) is 58.7 Å². The molecule has 1 aliphatic carbocycles. The maximum atomic E-state index is 12.5. The van der Waals surface area contributed by atoms with Crippen LogP contribution >= 0.6 is 12.4 Å².